The highest BCUT2D eigenvalue weighted by molar-refractivity contribution is 6.30. The number of halogens is 2. The number of aromatic hydroxyl groups is 1. The molecule has 0 aliphatic carbocycles. The number of benzene rings is 4. The standard InChI is InChI=1S/C30H27Cl2N3O2/c1-30(2)27(34-35-29(37)24-15-20-5-3-4-6-21(20)16-26(24)36)17-25(18-7-11-22(31)12-8-18)33-28(30)19-9-13-23(32)14-10-19/h3-16,25,28,33,36H,17H2,1-2H3,(H,35,37)/b34-27+. The number of amides is 1. The zero-order valence-corrected chi connectivity index (χ0v) is 22.0. The van der Waals surface area contributed by atoms with Crippen LogP contribution in [0.25, 0.3) is 10.8 Å². The van der Waals surface area contributed by atoms with Gasteiger partial charge in [-0.25, -0.2) is 5.43 Å². The van der Waals surface area contributed by atoms with Crippen LogP contribution in [0.4, 0.5) is 0 Å². The maximum atomic E-state index is 13.1. The van der Waals surface area contributed by atoms with Gasteiger partial charge in [0.15, 0.2) is 0 Å². The van der Waals surface area contributed by atoms with Crippen molar-refractivity contribution in [2.75, 3.05) is 0 Å². The normalized spacial score (nSPS) is 20.2. The molecule has 2 atom stereocenters. The highest BCUT2D eigenvalue weighted by Crippen LogP contribution is 2.44. The van der Waals surface area contributed by atoms with E-state index in [2.05, 4.69) is 29.7 Å². The fourth-order valence-corrected chi connectivity index (χ4v) is 5.20. The number of piperidine rings is 1. The number of phenols is 1. The summed E-state index contributed by atoms with van der Waals surface area (Å²) in [4.78, 5) is 13.1. The highest BCUT2D eigenvalue weighted by Gasteiger charge is 2.42. The van der Waals surface area contributed by atoms with E-state index in [1.54, 1.807) is 12.1 Å². The van der Waals surface area contributed by atoms with Gasteiger partial charge >= 0.3 is 0 Å². The van der Waals surface area contributed by atoms with Gasteiger partial charge in [0.2, 0.25) is 0 Å². The summed E-state index contributed by atoms with van der Waals surface area (Å²) in [6.07, 6.45) is 0.586. The van der Waals surface area contributed by atoms with Crippen LogP contribution in [0.2, 0.25) is 10.0 Å². The first-order valence-corrected chi connectivity index (χ1v) is 12.8. The van der Waals surface area contributed by atoms with Gasteiger partial charge in [-0.15, -0.1) is 0 Å². The second kappa shape index (κ2) is 10.2. The first-order chi connectivity index (χ1) is 17.7. The summed E-state index contributed by atoms with van der Waals surface area (Å²) < 4.78 is 0. The summed E-state index contributed by atoms with van der Waals surface area (Å²) in [6, 6.07) is 26.2. The minimum absolute atomic E-state index is 0.0457. The molecule has 1 saturated heterocycles. The maximum Gasteiger partial charge on any atom is 0.275 e. The summed E-state index contributed by atoms with van der Waals surface area (Å²) in [5.41, 5.74) is 5.43. The zero-order chi connectivity index (χ0) is 26.2. The first kappa shape index (κ1) is 25.3. The molecule has 37 heavy (non-hydrogen) atoms. The van der Waals surface area contributed by atoms with Gasteiger partial charge < -0.3 is 10.4 Å². The highest BCUT2D eigenvalue weighted by atomic mass is 35.5. The van der Waals surface area contributed by atoms with Crippen LogP contribution in [-0.2, 0) is 0 Å². The molecule has 0 aromatic heterocycles. The van der Waals surface area contributed by atoms with Crippen molar-refractivity contribution in [2.45, 2.75) is 32.4 Å². The summed E-state index contributed by atoms with van der Waals surface area (Å²) in [6.45, 7) is 4.21. The molecule has 0 radical (unpaired) electrons. The zero-order valence-electron chi connectivity index (χ0n) is 20.5. The van der Waals surface area contributed by atoms with Crippen molar-refractivity contribution in [1.82, 2.24) is 10.7 Å². The molecule has 7 heteroatoms. The maximum absolute atomic E-state index is 13.1. The Morgan fingerprint density at radius 2 is 1.49 bits per heavy atom. The molecule has 0 bridgehead atoms. The minimum atomic E-state index is -0.462. The summed E-state index contributed by atoms with van der Waals surface area (Å²) >= 11 is 12.3. The van der Waals surface area contributed by atoms with Crippen molar-refractivity contribution in [2.24, 2.45) is 10.5 Å². The molecule has 0 spiro atoms. The fourth-order valence-electron chi connectivity index (χ4n) is 4.95. The number of hydrogen-bond donors (Lipinski definition) is 3. The average molecular weight is 532 g/mol. The van der Waals surface area contributed by atoms with Crippen LogP contribution in [-0.4, -0.2) is 16.7 Å². The Kier molecular flexibility index (Phi) is 6.95. The van der Waals surface area contributed by atoms with Gasteiger partial charge in [0.05, 0.1) is 5.56 Å². The second-order valence-corrected chi connectivity index (χ2v) is 10.8. The van der Waals surface area contributed by atoms with Gasteiger partial charge in [0.1, 0.15) is 5.75 Å². The SMILES string of the molecule is CC1(C)/C(=N/NC(=O)c2cc3ccccc3cc2O)CC(c2ccc(Cl)cc2)NC1c1ccc(Cl)cc1. The molecule has 188 valence electrons. The lowest BCUT2D eigenvalue weighted by atomic mass is 9.70. The van der Waals surface area contributed by atoms with Crippen molar-refractivity contribution in [3.05, 3.63) is 112 Å². The number of nitrogens with one attached hydrogen (secondary N) is 2. The molecular formula is C30H27Cl2N3O2. The Labute approximate surface area is 226 Å². The fraction of sp³-hybridized carbons (Fsp3) is 0.200. The smallest absolute Gasteiger partial charge is 0.275 e. The van der Waals surface area contributed by atoms with Gasteiger partial charge in [-0.2, -0.15) is 5.10 Å². The van der Waals surface area contributed by atoms with E-state index in [4.69, 9.17) is 23.2 Å². The lowest BCUT2D eigenvalue weighted by Crippen LogP contribution is -2.48. The molecule has 3 N–H and O–H groups in total. The molecular weight excluding hydrogens is 505 g/mol. The molecule has 4 aromatic rings. The molecule has 1 aliphatic rings. The predicted molar refractivity (Wildman–Crippen MR) is 150 cm³/mol. The van der Waals surface area contributed by atoms with E-state index >= 15 is 0 Å². The van der Waals surface area contributed by atoms with Crippen LogP contribution in [0.1, 0.15) is 53.8 Å². The van der Waals surface area contributed by atoms with Crippen molar-refractivity contribution in [1.29, 1.82) is 0 Å². The third-order valence-corrected chi connectivity index (χ3v) is 7.61. The monoisotopic (exact) mass is 531 g/mol. The average Bonchev–Trinajstić information content (AvgIpc) is 2.88. The number of carbonyl (C=O) groups is 1. The molecule has 1 fully saturated rings. The number of hydrazone groups is 1. The summed E-state index contributed by atoms with van der Waals surface area (Å²) in [5, 5.41) is 22.0. The molecule has 2 unspecified atom stereocenters. The van der Waals surface area contributed by atoms with Crippen molar-refractivity contribution in [3.63, 3.8) is 0 Å². The van der Waals surface area contributed by atoms with Gasteiger partial charge in [-0.3, -0.25) is 4.79 Å². The lowest BCUT2D eigenvalue weighted by Gasteiger charge is -2.44. The van der Waals surface area contributed by atoms with E-state index in [0.29, 0.717) is 16.5 Å². The Morgan fingerprint density at radius 1 is 0.919 bits per heavy atom. The Hall–Kier alpha value is -3.38. The second-order valence-electron chi connectivity index (χ2n) is 9.90. The number of carbonyl (C=O) groups excluding carboxylic acids is 1. The number of rotatable bonds is 4. The van der Waals surface area contributed by atoms with E-state index in [-0.39, 0.29) is 23.4 Å². The number of nitrogens with zero attached hydrogens (tertiary/aromatic N) is 1. The van der Waals surface area contributed by atoms with Crippen LogP contribution < -0.4 is 10.7 Å². The Balaban J connectivity index is 1.49. The third kappa shape index (κ3) is 5.21. The number of phenolic OH excluding ortho intramolecular Hbond substituents is 1. The van der Waals surface area contributed by atoms with Crippen molar-refractivity contribution >= 4 is 45.6 Å². The first-order valence-electron chi connectivity index (χ1n) is 12.1. The van der Waals surface area contributed by atoms with Gasteiger partial charge in [-0.1, -0.05) is 85.6 Å². The Morgan fingerprint density at radius 3 is 2.11 bits per heavy atom. The molecule has 5 rings (SSSR count). The molecule has 0 saturated carbocycles. The molecule has 1 heterocycles. The summed E-state index contributed by atoms with van der Waals surface area (Å²) in [5.74, 6) is -0.546. The summed E-state index contributed by atoms with van der Waals surface area (Å²) in [7, 11) is 0. The van der Waals surface area contributed by atoms with Gasteiger partial charge in [0, 0.05) is 39.7 Å². The molecule has 4 aromatic carbocycles. The van der Waals surface area contributed by atoms with Crippen LogP contribution in [0, 0.1) is 5.41 Å². The van der Waals surface area contributed by atoms with E-state index in [1.165, 1.54) is 0 Å². The van der Waals surface area contributed by atoms with E-state index in [1.807, 2.05) is 72.8 Å². The number of hydrogen-bond acceptors (Lipinski definition) is 4. The largest absolute Gasteiger partial charge is 0.507 e. The van der Waals surface area contributed by atoms with E-state index in [9.17, 15) is 9.90 Å². The van der Waals surface area contributed by atoms with E-state index < -0.39 is 11.3 Å². The lowest BCUT2D eigenvalue weighted by molar-refractivity contribution is 0.0951. The van der Waals surface area contributed by atoms with Gasteiger partial charge in [0.25, 0.3) is 5.91 Å². The van der Waals surface area contributed by atoms with Gasteiger partial charge in [-0.05, 0) is 58.3 Å². The topological polar surface area (TPSA) is 73.7 Å². The molecule has 5 nitrogen and oxygen atoms in total. The third-order valence-electron chi connectivity index (χ3n) is 7.11. The molecule has 1 aliphatic heterocycles. The minimum Gasteiger partial charge on any atom is -0.507 e. The molecule has 1 amide bonds. The Bertz CT molecular complexity index is 1480. The van der Waals surface area contributed by atoms with E-state index in [0.717, 1.165) is 27.6 Å². The predicted octanol–water partition coefficient (Wildman–Crippen LogP) is 7.44. The van der Waals surface area contributed by atoms with Crippen molar-refractivity contribution in [3.8, 4) is 5.75 Å². The van der Waals surface area contributed by atoms with Crippen LogP contribution in [0.3, 0.4) is 0 Å². The quantitative estimate of drug-likeness (QED) is 0.239. The van der Waals surface area contributed by atoms with Crippen LogP contribution >= 0.6 is 23.2 Å². The van der Waals surface area contributed by atoms with Crippen LogP contribution in [0.5, 0.6) is 5.75 Å². The van der Waals surface area contributed by atoms with Crippen molar-refractivity contribution < 1.29 is 9.90 Å². The number of fused-ring (bicyclic) bond motifs is 1. The van der Waals surface area contributed by atoms with Crippen LogP contribution in [0.15, 0.2) is 90.0 Å².